The molecular formula is C23H20F5N5O4. The number of amides is 2. The van der Waals surface area contributed by atoms with Crippen molar-refractivity contribution in [3.63, 3.8) is 0 Å². The van der Waals surface area contributed by atoms with Crippen molar-refractivity contribution in [2.24, 2.45) is 0 Å². The van der Waals surface area contributed by atoms with Crippen LogP contribution < -0.4 is 15.6 Å². The summed E-state index contributed by atoms with van der Waals surface area (Å²) in [4.78, 5) is 47.4. The summed E-state index contributed by atoms with van der Waals surface area (Å²) in [6.07, 6.45) is -5.59. The lowest BCUT2D eigenvalue weighted by molar-refractivity contribution is -0.146. The Morgan fingerprint density at radius 3 is 2.51 bits per heavy atom. The quantitative estimate of drug-likeness (QED) is 0.495. The third kappa shape index (κ3) is 5.43. The van der Waals surface area contributed by atoms with Crippen LogP contribution in [-0.4, -0.2) is 55.8 Å². The molecule has 1 atom stereocenters. The number of aromatic nitrogens is 3. The Hall–Kier alpha value is -3.94. The number of aliphatic hydroxyl groups excluding tert-OH is 1. The Balaban J connectivity index is 1.89. The summed E-state index contributed by atoms with van der Waals surface area (Å²) in [5.74, 6) is -4.38. The molecule has 1 unspecified atom stereocenters. The Morgan fingerprint density at radius 2 is 1.92 bits per heavy atom. The average molecular weight is 525 g/mol. The molecule has 1 saturated heterocycles. The molecule has 2 N–H and O–H groups in total. The van der Waals surface area contributed by atoms with Gasteiger partial charge in [0.15, 0.2) is 17.3 Å². The van der Waals surface area contributed by atoms with E-state index in [1.807, 2.05) is 0 Å². The van der Waals surface area contributed by atoms with E-state index in [-0.39, 0.29) is 29.8 Å². The lowest BCUT2D eigenvalue weighted by atomic mass is 9.99. The number of anilines is 1. The van der Waals surface area contributed by atoms with E-state index >= 15 is 0 Å². The third-order valence-electron chi connectivity index (χ3n) is 5.57. The molecule has 0 radical (unpaired) electrons. The number of aliphatic hydroxyl groups is 1. The van der Waals surface area contributed by atoms with Gasteiger partial charge in [-0.05, 0) is 26.0 Å². The van der Waals surface area contributed by atoms with E-state index in [1.165, 1.54) is 12.1 Å². The van der Waals surface area contributed by atoms with Crippen molar-refractivity contribution in [3.05, 3.63) is 58.0 Å². The number of fused-ring (bicyclic) bond motifs is 1. The van der Waals surface area contributed by atoms with Crippen molar-refractivity contribution in [3.8, 4) is 5.82 Å². The summed E-state index contributed by atoms with van der Waals surface area (Å²) in [6.45, 7) is 2.16. The van der Waals surface area contributed by atoms with Gasteiger partial charge in [0, 0.05) is 17.8 Å². The van der Waals surface area contributed by atoms with Gasteiger partial charge in [0.25, 0.3) is 5.91 Å². The number of hydrogen-bond donors (Lipinski definition) is 2. The van der Waals surface area contributed by atoms with Crippen LogP contribution in [0.15, 0.2) is 35.4 Å². The second-order valence-electron chi connectivity index (χ2n) is 9.23. The van der Waals surface area contributed by atoms with Crippen LogP contribution in [0.2, 0.25) is 0 Å². The Labute approximate surface area is 205 Å². The van der Waals surface area contributed by atoms with Crippen LogP contribution in [0.5, 0.6) is 0 Å². The highest BCUT2D eigenvalue weighted by Gasteiger charge is 2.38. The topological polar surface area (TPSA) is 117 Å². The average Bonchev–Trinajstić information content (AvgIpc) is 3.10. The highest BCUT2D eigenvalue weighted by Crippen LogP contribution is 2.28. The van der Waals surface area contributed by atoms with Crippen LogP contribution in [-0.2, 0) is 4.79 Å². The summed E-state index contributed by atoms with van der Waals surface area (Å²) in [5.41, 5.74) is -3.63. The van der Waals surface area contributed by atoms with Gasteiger partial charge in [-0.1, -0.05) is 0 Å². The summed E-state index contributed by atoms with van der Waals surface area (Å²) < 4.78 is 67.9. The number of pyridine rings is 3. The molecule has 1 aliphatic rings. The molecule has 9 nitrogen and oxygen atoms in total. The zero-order chi connectivity index (χ0) is 27.3. The predicted octanol–water partition coefficient (Wildman–Crippen LogP) is 2.62. The zero-order valence-corrected chi connectivity index (χ0v) is 19.4. The first-order valence-electron chi connectivity index (χ1n) is 10.9. The van der Waals surface area contributed by atoms with Crippen molar-refractivity contribution < 1.29 is 36.6 Å². The second-order valence-corrected chi connectivity index (χ2v) is 9.23. The van der Waals surface area contributed by atoms with Crippen LogP contribution in [0.25, 0.3) is 16.9 Å². The first-order chi connectivity index (χ1) is 17.1. The van der Waals surface area contributed by atoms with Gasteiger partial charge in [-0.2, -0.15) is 13.2 Å². The fraction of sp³-hybridized carbons (Fsp3) is 0.348. The molecule has 3 aromatic heterocycles. The molecule has 3 aromatic rings. The summed E-state index contributed by atoms with van der Waals surface area (Å²) in [7, 11) is 0. The van der Waals surface area contributed by atoms with Gasteiger partial charge >= 0.3 is 6.18 Å². The van der Waals surface area contributed by atoms with Crippen LogP contribution >= 0.6 is 0 Å². The van der Waals surface area contributed by atoms with Crippen LogP contribution in [0.3, 0.4) is 0 Å². The third-order valence-corrected chi connectivity index (χ3v) is 5.57. The van der Waals surface area contributed by atoms with Gasteiger partial charge in [0.2, 0.25) is 11.3 Å². The number of nitrogens with zero attached hydrogens (tertiary/aromatic N) is 4. The van der Waals surface area contributed by atoms with Crippen LogP contribution in [0.4, 0.5) is 27.8 Å². The maximum atomic E-state index is 14.7. The molecular weight excluding hydrogens is 505 g/mol. The number of halogens is 5. The fourth-order valence-electron chi connectivity index (χ4n) is 4.08. The number of carbonyl (C=O) groups is 2. The van der Waals surface area contributed by atoms with Gasteiger partial charge < -0.3 is 10.4 Å². The van der Waals surface area contributed by atoms with Crippen LogP contribution in [0.1, 0.15) is 37.0 Å². The lowest BCUT2D eigenvalue weighted by Gasteiger charge is -2.27. The van der Waals surface area contributed by atoms with Crippen molar-refractivity contribution in [1.29, 1.82) is 0 Å². The smallest absolute Gasteiger partial charge is 0.391 e. The second kappa shape index (κ2) is 9.18. The molecule has 4 heterocycles. The zero-order valence-electron chi connectivity index (χ0n) is 19.4. The fourth-order valence-corrected chi connectivity index (χ4v) is 4.08. The SMILES string of the molecule is CC(C)(CC(F)(F)F)NC(=O)c1cn(-c2ncc(F)cc2F)c2nc(N3CC(O)CC3=O)ccc2c1=O. The number of alkyl halides is 3. The first-order valence-corrected chi connectivity index (χ1v) is 10.9. The van der Waals surface area contributed by atoms with E-state index in [9.17, 15) is 41.4 Å². The molecule has 0 spiro atoms. The van der Waals surface area contributed by atoms with Gasteiger partial charge in [-0.25, -0.2) is 18.7 Å². The molecule has 0 aliphatic carbocycles. The standard InChI is InChI=1S/C23H20F5N5O4/c1-22(2,10-23(26,27)28)31-21(37)14-9-33(20-15(25)5-11(24)7-29-20)19-13(18(14)36)3-4-16(30-19)32-8-12(34)6-17(32)35/h3-5,7,9,12,34H,6,8,10H2,1-2H3,(H,31,37). The van der Waals surface area contributed by atoms with Crippen molar-refractivity contribution in [2.45, 2.75) is 44.5 Å². The minimum atomic E-state index is -4.61. The maximum Gasteiger partial charge on any atom is 0.391 e. The van der Waals surface area contributed by atoms with Gasteiger partial charge in [0.1, 0.15) is 17.2 Å². The van der Waals surface area contributed by atoms with Crippen LogP contribution in [0, 0.1) is 11.6 Å². The van der Waals surface area contributed by atoms with Gasteiger partial charge in [-0.15, -0.1) is 0 Å². The highest BCUT2D eigenvalue weighted by atomic mass is 19.4. The molecule has 1 fully saturated rings. The monoisotopic (exact) mass is 525 g/mol. The minimum absolute atomic E-state index is 0.00762. The Morgan fingerprint density at radius 1 is 1.22 bits per heavy atom. The lowest BCUT2D eigenvalue weighted by Crippen LogP contribution is -2.47. The van der Waals surface area contributed by atoms with E-state index in [0.29, 0.717) is 12.3 Å². The van der Waals surface area contributed by atoms with Crippen molar-refractivity contribution in [2.75, 3.05) is 11.4 Å². The van der Waals surface area contributed by atoms with Crippen molar-refractivity contribution in [1.82, 2.24) is 19.9 Å². The molecule has 2 amide bonds. The molecule has 0 bridgehead atoms. The number of β-amino-alcohol motifs (C(OH)–C–C–N with tert-alkyl or cyclic N) is 1. The predicted molar refractivity (Wildman–Crippen MR) is 120 cm³/mol. The largest absolute Gasteiger partial charge is 0.391 e. The molecule has 4 rings (SSSR count). The van der Waals surface area contributed by atoms with Crippen molar-refractivity contribution >= 4 is 28.7 Å². The van der Waals surface area contributed by atoms with E-state index in [2.05, 4.69) is 15.3 Å². The summed E-state index contributed by atoms with van der Waals surface area (Å²) in [5, 5.41) is 11.7. The molecule has 0 saturated carbocycles. The number of rotatable bonds is 5. The van der Waals surface area contributed by atoms with E-state index in [1.54, 1.807) is 0 Å². The van der Waals surface area contributed by atoms with Gasteiger partial charge in [0.05, 0.1) is 37.1 Å². The van der Waals surface area contributed by atoms with E-state index < -0.39 is 64.5 Å². The van der Waals surface area contributed by atoms with Gasteiger partial charge in [-0.3, -0.25) is 23.9 Å². The normalized spacial score (nSPS) is 16.5. The number of carbonyl (C=O) groups excluding carboxylic acids is 2. The van der Waals surface area contributed by atoms with E-state index in [0.717, 1.165) is 29.5 Å². The number of hydrogen-bond acceptors (Lipinski definition) is 6. The molecule has 0 aromatic carbocycles. The van der Waals surface area contributed by atoms with E-state index in [4.69, 9.17) is 0 Å². The Kier molecular flexibility index (Phi) is 6.48. The Bertz CT molecular complexity index is 1470. The molecule has 1 aliphatic heterocycles. The summed E-state index contributed by atoms with van der Waals surface area (Å²) in [6, 6.07) is 2.98. The molecule has 196 valence electrons. The minimum Gasteiger partial charge on any atom is -0.391 e. The molecule has 14 heteroatoms. The number of nitrogens with one attached hydrogen (secondary N) is 1. The molecule has 37 heavy (non-hydrogen) atoms. The highest BCUT2D eigenvalue weighted by molar-refractivity contribution is 5.99. The maximum absolute atomic E-state index is 14.7. The first kappa shape index (κ1) is 26.1. The summed E-state index contributed by atoms with van der Waals surface area (Å²) >= 11 is 0.